The molecule has 28 heavy (non-hydrogen) atoms. The van der Waals surface area contributed by atoms with Gasteiger partial charge in [0, 0.05) is 11.6 Å². The molecular weight excluding hydrogens is 419 g/mol. The van der Waals surface area contributed by atoms with E-state index in [1.165, 1.54) is 4.31 Å². The van der Waals surface area contributed by atoms with E-state index >= 15 is 0 Å². The van der Waals surface area contributed by atoms with Crippen molar-refractivity contribution in [2.24, 2.45) is 5.92 Å². The van der Waals surface area contributed by atoms with E-state index in [9.17, 15) is 13.2 Å². The van der Waals surface area contributed by atoms with Crippen molar-refractivity contribution in [1.82, 2.24) is 5.32 Å². The van der Waals surface area contributed by atoms with Gasteiger partial charge in [-0.05, 0) is 42.7 Å². The average Bonchev–Trinajstić information content (AvgIpc) is 2.61. The van der Waals surface area contributed by atoms with E-state index in [0.29, 0.717) is 17.2 Å². The maximum atomic E-state index is 12.3. The van der Waals surface area contributed by atoms with Crippen molar-refractivity contribution >= 4 is 44.8 Å². The van der Waals surface area contributed by atoms with E-state index in [0.717, 1.165) is 11.8 Å². The first kappa shape index (κ1) is 22.5. The van der Waals surface area contributed by atoms with Crippen LogP contribution in [0.15, 0.2) is 42.5 Å². The van der Waals surface area contributed by atoms with E-state index in [-0.39, 0.29) is 28.5 Å². The molecule has 0 unspecified atom stereocenters. The fourth-order valence-electron chi connectivity index (χ4n) is 2.45. The third-order valence-electron chi connectivity index (χ3n) is 4.50. The molecule has 0 fully saturated rings. The second-order valence-electron chi connectivity index (χ2n) is 7.05. The van der Waals surface area contributed by atoms with Gasteiger partial charge in [-0.25, -0.2) is 8.42 Å². The van der Waals surface area contributed by atoms with Gasteiger partial charge in [0.2, 0.25) is 10.0 Å². The normalized spacial score (nSPS) is 12.7. The number of hydrogen-bond acceptors (Lipinski definition) is 3. The maximum absolute atomic E-state index is 12.3. The summed E-state index contributed by atoms with van der Waals surface area (Å²) >= 11 is 12.2. The van der Waals surface area contributed by atoms with Crippen LogP contribution in [0.4, 0.5) is 5.69 Å². The van der Waals surface area contributed by atoms with Gasteiger partial charge in [0.25, 0.3) is 5.91 Å². The zero-order valence-electron chi connectivity index (χ0n) is 16.2. The highest BCUT2D eigenvalue weighted by Gasteiger charge is 2.22. The van der Waals surface area contributed by atoms with Crippen LogP contribution in [0.3, 0.4) is 0 Å². The Kier molecular flexibility index (Phi) is 7.37. The Morgan fingerprint density at radius 1 is 1.07 bits per heavy atom. The molecule has 0 spiro atoms. The standard InChI is InChI=1S/C20H24Cl2N2O3S/c1-13(2)14(3)23-20(25)16-10-8-15(9-11-16)12-24(28(4,26)27)18-7-5-6-17(21)19(18)22/h5-11,13-14H,12H2,1-4H3,(H,23,25)/t14-/m1/s1. The number of nitrogens with zero attached hydrogens (tertiary/aromatic N) is 1. The highest BCUT2D eigenvalue weighted by atomic mass is 35.5. The highest BCUT2D eigenvalue weighted by Crippen LogP contribution is 2.34. The number of rotatable bonds is 7. The van der Waals surface area contributed by atoms with Crippen LogP contribution >= 0.6 is 23.2 Å². The summed E-state index contributed by atoms with van der Waals surface area (Å²) in [4.78, 5) is 12.3. The summed E-state index contributed by atoms with van der Waals surface area (Å²) in [6, 6.07) is 11.7. The van der Waals surface area contributed by atoms with E-state index in [4.69, 9.17) is 23.2 Å². The van der Waals surface area contributed by atoms with Crippen LogP contribution in [0.25, 0.3) is 0 Å². The van der Waals surface area contributed by atoms with Gasteiger partial charge in [0.15, 0.2) is 0 Å². The van der Waals surface area contributed by atoms with Crippen molar-refractivity contribution in [3.63, 3.8) is 0 Å². The molecule has 1 atom stereocenters. The summed E-state index contributed by atoms with van der Waals surface area (Å²) < 4.78 is 25.8. The predicted molar refractivity (Wildman–Crippen MR) is 116 cm³/mol. The predicted octanol–water partition coefficient (Wildman–Crippen LogP) is 4.73. The Bertz CT molecular complexity index is 944. The zero-order chi connectivity index (χ0) is 21.1. The summed E-state index contributed by atoms with van der Waals surface area (Å²) in [6.07, 6.45) is 1.11. The van der Waals surface area contributed by atoms with Crippen LogP contribution in [0.5, 0.6) is 0 Å². The molecule has 8 heteroatoms. The Labute approximate surface area is 176 Å². The number of sulfonamides is 1. The van der Waals surface area contributed by atoms with Gasteiger partial charge < -0.3 is 5.32 Å². The smallest absolute Gasteiger partial charge is 0.251 e. The largest absolute Gasteiger partial charge is 0.349 e. The summed E-state index contributed by atoms with van der Waals surface area (Å²) in [6.45, 7) is 6.10. The first-order valence-corrected chi connectivity index (χ1v) is 11.4. The number of nitrogens with one attached hydrogen (secondary N) is 1. The lowest BCUT2D eigenvalue weighted by Crippen LogP contribution is -2.36. The third kappa shape index (κ3) is 5.63. The van der Waals surface area contributed by atoms with Crippen molar-refractivity contribution < 1.29 is 13.2 Å². The zero-order valence-corrected chi connectivity index (χ0v) is 18.6. The summed E-state index contributed by atoms with van der Waals surface area (Å²) in [5, 5.41) is 3.39. The Morgan fingerprint density at radius 2 is 1.68 bits per heavy atom. The fourth-order valence-corrected chi connectivity index (χ4v) is 3.79. The van der Waals surface area contributed by atoms with E-state index in [1.807, 2.05) is 20.8 Å². The Balaban J connectivity index is 2.25. The first-order chi connectivity index (χ1) is 13.0. The minimum absolute atomic E-state index is 0.0536. The molecule has 1 N–H and O–H groups in total. The minimum atomic E-state index is -3.60. The summed E-state index contributed by atoms with van der Waals surface area (Å²) in [7, 11) is -3.60. The van der Waals surface area contributed by atoms with Crippen LogP contribution in [0.2, 0.25) is 10.0 Å². The second kappa shape index (κ2) is 9.16. The summed E-state index contributed by atoms with van der Waals surface area (Å²) in [5.41, 5.74) is 1.54. The molecule has 0 bridgehead atoms. The van der Waals surface area contributed by atoms with Crippen LogP contribution < -0.4 is 9.62 Å². The third-order valence-corrected chi connectivity index (χ3v) is 6.44. The van der Waals surface area contributed by atoms with Crippen LogP contribution in [0.1, 0.15) is 36.7 Å². The van der Waals surface area contributed by atoms with Gasteiger partial charge >= 0.3 is 0 Å². The topological polar surface area (TPSA) is 66.5 Å². The van der Waals surface area contributed by atoms with Crippen molar-refractivity contribution in [2.45, 2.75) is 33.4 Å². The number of hydrogen-bond donors (Lipinski definition) is 1. The lowest BCUT2D eigenvalue weighted by molar-refractivity contribution is 0.0930. The highest BCUT2D eigenvalue weighted by molar-refractivity contribution is 7.92. The molecular formula is C20H24Cl2N2O3S. The lowest BCUT2D eigenvalue weighted by Gasteiger charge is -2.24. The van der Waals surface area contributed by atoms with Crippen molar-refractivity contribution in [2.75, 3.05) is 10.6 Å². The molecule has 0 aliphatic rings. The molecule has 5 nitrogen and oxygen atoms in total. The Hall–Kier alpha value is -1.76. The number of anilines is 1. The first-order valence-electron chi connectivity index (χ1n) is 8.82. The number of amides is 1. The second-order valence-corrected chi connectivity index (χ2v) is 9.74. The molecule has 0 aromatic heterocycles. The van der Waals surface area contributed by atoms with Gasteiger partial charge in [-0.1, -0.05) is 55.2 Å². The molecule has 152 valence electrons. The molecule has 2 rings (SSSR count). The molecule has 2 aromatic carbocycles. The molecule has 0 saturated carbocycles. The number of carbonyl (C=O) groups is 1. The minimum Gasteiger partial charge on any atom is -0.349 e. The van der Waals surface area contributed by atoms with Gasteiger partial charge in [-0.2, -0.15) is 0 Å². The molecule has 0 aliphatic carbocycles. The number of benzene rings is 2. The van der Waals surface area contributed by atoms with E-state index in [2.05, 4.69) is 5.32 Å². The molecule has 0 saturated heterocycles. The van der Waals surface area contributed by atoms with Crippen molar-refractivity contribution in [3.8, 4) is 0 Å². The SMILES string of the molecule is CC(C)[C@@H](C)NC(=O)c1ccc(CN(c2cccc(Cl)c2Cl)S(C)(=O)=O)cc1. The van der Waals surface area contributed by atoms with Gasteiger partial charge in [-0.3, -0.25) is 9.10 Å². The molecule has 2 aromatic rings. The van der Waals surface area contributed by atoms with Crippen LogP contribution in [0, 0.1) is 5.92 Å². The quantitative estimate of drug-likeness (QED) is 0.673. The van der Waals surface area contributed by atoms with Crippen molar-refractivity contribution in [3.05, 3.63) is 63.6 Å². The Morgan fingerprint density at radius 3 is 2.21 bits per heavy atom. The maximum Gasteiger partial charge on any atom is 0.251 e. The molecule has 1 amide bonds. The van der Waals surface area contributed by atoms with Crippen LogP contribution in [-0.4, -0.2) is 26.6 Å². The van der Waals surface area contributed by atoms with Gasteiger partial charge in [0.1, 0.15) is 0 Å². The lowest BCUT2D eigenvalue weighted by atomic mass is 10.1. The molecule has 0 heterocycles. The average molecular weight is 443 g/mol. The van der Waals surface area contributed by atoms with Gasteiger partial charge in [-0.15, -0.1) is 0 Å². The van der Waals surface area contributed by atoms with Crippen molar-refractivity contribution in [1.29, 1.82) is 0 Å². The van der Waals surface area contributed by atoms with E-state index < -0.39 is 10.0 Å². The fraction of sp³-hybridized carbons (Fsp3) is 0.350. The number of carbonyl (C=O) groups excluding carboxylic acids is 1. The molecule has 0 aliphatic heterocycles. The van der Waals surface area contributed by atoms with Crippen LogP contribution in [-0.2, 0) is 16.6 Å². The van der Waals surface area contributed by atoms with Gasteiger partial charge in [0.05, 0.1) is 28.5 Å². The monoisotopic (exact) mass is 442 g/mol. The summed E-state index contributed by atoms with van der Waals surface area (Å²) in [5.74, 6) is 0.166. The number of halogens is 2. The molecule has 0 radical (unpaired) electrons. The van der Waals surface area contributed by atoms with E-state index in [1.54, 1.807) is 42.5 Å².